The molecule has 1 N–H and O–H groups in total. The standard InChI is InChI=1S/C11H21N/c1-9(2)10-8-12-11(10)6-4-3-5-7-11/h9-10,12H,3-8H2,1-2H3/t10-/m1/s1. The lowest BCUT2D eigenvalue weighted by Crippen LogP contribution is -2.67. The molecule has 0 bridgehead atoms. The molecule has 70 valence electrons. The minimum absolute atomic E-state index is 0.590. The smallest absolute Gasteiger partial charge is 0.0224 e. The monoisotopic (exact) mass is 167 g/mol. The molecule has 1 atom stereocenters. The Bertz CT molecular complexity index is 156. The van der Waals surface area contributed by atoms with Crippen molar-refractivity contribution in [2.45, 2.75) is 51.5 Å². The Balaban J connectivity index is 2.00. The van der Waals surface area contributed by atoms with E-state index in [2.05, 4.69) is 19.2 Å². The molecule has 1 spiro atoms. The highest BCUT2D eigenvalue weighted by molar-refractivity contribution is 5.05. The first-order chi connectivity index (χ1) is 5.75. The SMILES string of the molecule is CC(C)[C@H]1CNC12CCCCC2. The summed E-state index contributed by atoms with van der Waals surface area (Å²) in [5.41, 5.74) is 0.590. The topological polar surface area (TPSA) is 12.0 Å². The summed E-state index contributed by atoms with van der Waals surface area (Å²) >= 11 is 0. The van der Waals surface area contributed by atoms with E-state index < -0.39 is 0 Å². The van der Waals surface area contributed by atoms with Crippen LogP contribution in [0.4, 0.5) is 0 Å². The lowest BCUT2D eigenvalue weighted by Gasteiger charge is -2.55. The highest BCUT2D eigenvalue weighted by Crippen LogP contribution is 2.42. The van der Waals surface area contributed by atoms with Gasteiger partial charge in [0.15, 0.2) is 0 Å². The summed E-state index contributed by atoms with van der Waals surface area (Å²) in [7, 11) is 0. The number of nitrogens with one attached hydrogen (secondary N) is 1. The zero-order chi connectivity index (χ0) is 8.60. The van der Waals surface area contributed by atoms with Crippen LogP contribution in [0.5, 0.6) is 0 Å². The lowest BCUT2D eigenvalue weighted by atomic mass is 9.63. The summed E-state index contributed by atoms with van der Waals surface area (Å²) < 4.78 is 0. The van der Waals surface area contributed by atoms with E-state index in [0.29, 0.717) is 5.54 Å². The van der Waals surface area contributed by atoms with Gasteiger partial charge in [0.25, 0.3) is 0 Å². The predicted octanol–water partition coefficient (Wildman–Crippen LogP) is 2.56. The van der Waals surface area contributed by atoms with Gasteiger partial charge in [-0.05, 0) is 24.7 Å². The summed E-state index contributed by atoms with van der Waals surface area (Å²) in [5, 5.41) is 3.69. The van der Waals surface area contributed by atoms with E-state index in [1.807, 2.05) is 0 Å². The van der Waals surface area contributed by atoms with Gasteiger partial charge in [0.2, 0.25) is 0 Å². The molecule has 0 aromatic heterocycles. The highest BCUT2D eigenvalue weighted by atomic mass is 15.1. The molecule has 1 heterocycles. The van der Waals surface area contributed by atoms with Crippen LogP contribution in [0.1, 0.15) is 46.0 Å². The maximum atomic E-state index is 3.69. The number of hydrogen-bond acceptors (Lipinski definition) is 1. The van der Waals surface area contributed by atoms with Crippen LogP contribution in [0.2, 0.25) is 0 Å². The van der Waals surface area contributed by atoms with Gasteiger partial charge in [-0.2, -0.15) is 0 Å². The normalized spacial score (nSPS) is 33.8. The quantitative estimate of drug-likeness (QED) is 0.633. The average molecular weight is 167 g/mol. The van der Waals surface area contributed by atoms with E-state index in [0.717, 1.165) is 11.8 Å². The second kappa shape index (κ2) is 3.02. The van der Waals surface area contributed by atoms with Crippen LogP contribution < -0.4 is 5.32 Å². The van der Waals surface area contributed by atoms with Crippen molar-refractivity contribution in [2.24, 2.45) is 11.8 Å². The molecule has 0 aromatic carbocycles. The third-order valence-corrected chi connectivity index (χ3v) is 3.93. The Morgan fingerprint density at radius 1 is 1.17 bits per heavy atom. The zero-order valence-corrected chi connectivity index (χ0v) is 8.40. The minimum atomic E-state index is 0.590. The van der Waals surface area contributed by atoms with E-state index in [1.165, 1.54) is 38.6 Å². The Morgan fingerprint density at radius 2 is 1.83 bits per heavy atom. The van der Waals surface area contributed by atoms with Gasteiger partial charge in [0, 0.05) is 12.1 Å². The first-order valence-electron chi connectivity index (χ1n) is 5.50. The predicted molar refractivity (Wildman–Crippen MR) is 52.1 cm³/mol. The molecular weight excluding hydrogens is 146 g/mol. The molecular formula is C11H21N. The van der Waals surface area contributed by atoms with Crippen LogP contribution in [0.15, 0.2) is 0 Å². The summed E-state index contributed by atoms with van der Waals surface area (Å²) in [4.78, 5) is 0. The molecule has 1 heteroatoms. The molecule has 0 radical (unpaired) electrons. The van der Waals surface area contributed by atoms with Crippen molar-refractivity contribution >= 4 is 0 Å². The second-order valence-electron chi connectivity index (χ2n) is 4.95. The van der Waals surface area contributed by atoms with Gasteiger partial charge < -0.3 is 5.32 Å². The van der Waals surface area contributed by atoms with Gasteiger partial charge in [-0.25, -0.2) is 0 Å². The largest absolute Gasteiger partial charge is 0.311 e. The molecule has 1 aliphatic carbocycles. The Hall–Kier alpha value is -0.0400. The summed E-state index contributed by atoms with van der Waals surface area (Å²) in [5.74, 6) is 1.85. The summed E-state index contributed by atoms with van der Waals surface area (Å²) in [6, 6.07) is 0. The number of rotatable bonds is 1. The van der Waals surface area contributed by atoms with Crippen molar-refractivity contribution in [1.29, 1.82) is 0 Å². The van der Waals surface area contributed by atoms with E-state index >= 15 is 0 Å². The molecule has 1 aliphatic heterocycles. The summed E-state index contributed by atoms with van der Waals surface area (Å²) in [6.45, 7) is 6.03. The Labute approximate surface area is 75.9 Å². The van der Waals surface area contributed by atoms with Crippen molar-refractivity contribution in [3.05, 3.63) is 0 Å². The fourth-order valence-electron chi connectivity index (χ4n) is 3.11. The first-order valence-corrected chi connectivity index (χ1v) is 5.50. The van der Waals surface area contributed by atoms with Crippen molar-refractivity contribution in [3.63, 3.8) is 0 Å². The van der Waals surface area contributed by atoms with Gasteiger partial charge in [0.1, 0.15) is 0 Å². The van der Waals surface area contributed by atoms with Crippen LogP contribution in [-0.2, 0) is 0 Å². The molecule has 2 aliphatic rings. The van der Waals surface area contributed by atoms with E-state index in [4.69, 9.17) is 0 Å². The average Bonchev–Trinajstić information content (AvgIpc) is 2.03. The second-order valence-corrected chi connectivity index (χ2v) is 4.95. The fourth-order valence-corrected chi connectivity index (χ4v) is 3.11. The molecule has 1 nitrogen and oxygen atoms in total. The maximum Gasteiger partial charge on any atom is 0.0224 e. The van der Waals surface area contributed by atoms with Crippen LogP contribution in [0.25, 0.3) is 0 Å². The minimum Gasteiger partial charge on any atom is -0.311 e. The molecule has 0 aromatic rings. The van der Waals surface area contributed by atoms with Crippen LogP contribution >= 0.6 is 0 Å². The Morgan fingerprint density at radius 3 is 2.25 bits per heavy atom. The van der Waals surface area contributed by atoms with Gasteiger partial charge in [-0.1, -0.05) is 33.1 Å². The molecule has 0 unspecified atom stereocenters. The van der Waals surface area contributed by atoms with Gasteiger partial charge in [0.05, 0.1) is 0 Å². The highest BCUT2D eigenvalue weighted by Gasteiger charge is 2.47. The van der Waals surface area contributed by atoms with E-state index in [-0.39, 0.29) is 0 Å². The van der Waals surface area contributed by atoms with Crippen molar-refractivity contribution in [2.75, 3.05) is 6.54 Å². The van der Waals surface area contributed by atoms with Crippen LogP contribution in [0, 0.1) is 11.8 Å². The van der Waals surface area contributed by atoms with Crippen molar-refractivity contribution in [1.82, 2.24) is 5.32 Å². The van der Waals surface area contributed by atoms with Crippen molar-refractivity contribution in [3.8, 4) is 0 Å². The lowest BCUT2D eigenvalue weighted by molar-refractivity contribution is 0.0257. The third kappa shape index (κ3) is 1.19. The molecule has 2 rings (SSSR count). The molecule has 12 heavy (non-hydrogen) atoms. The molecule has 1 saturated carbocycles. The van der Waals surface area contributed by atoms with Crippen LogP contribution in [-0.4, -0.2) is 12.1 Å². The molecule has 1 saturated heterocycles. The Kier molecular flexibility index (Phi) is 2.16. The van der Waals surface area contributed by atoms with Gasteiger partial charge >= 0.3 is 0 Å². The zero-order valence-electron chi connectivity index (χ0n) is 8.40. The first kappa shape index (κ1) is 8.55. The van der Waals surface area contributed by atoms with E-state index in [1.54, 1.807) is 0 Å². The maximum absolute atomic E-state index is 3.69. The van der Waals surface area contributed by atoms with Gasteiger partial charge in [-0.15, -0.1) is 0 Å². The fraction of sp³-hybridized carbons (Fsp3) is 1.00. The summed E-state index contributed by atoms with van der Waals surface area (Å²) in [6.07, 6.45) is 7.26. The third-order valence-electron chi connectivity index (χ3n) is 3.93. The number of hydrogen-bond donors (Lipinski definition) is 1. The van der Waals surface area contributed by atoms with Crippen molar-refractivity contribution < 1.29 is 0 Å². The van der Waals surface area contributed by atoms with E-state index in [9.17, 15) is 0 Å². The van der Waals surface area contributed by atoms with Gasteiger partial charge in [-0.3, -0.25) is 0 Å². The molecule has 2 fully saturated rings. The molecule has 0 amide bonds. The van der Waals surface area contributed by atoms with Crippen LogP contribution in [0.3, 0.4) is 0 Å².